The predicted molar refractivity (Wildman–Crippen MR) is 42.2 cm³/mol. The van der Waals surface area contributed by atoms with Crippen LogP contribution in [0.3, 0.4) is 0 Å². The molecule has 0 aromatic heterocycles. The number of rotatable bonds is 1. The molecule has 0 aliphatic carbocycles. The molecule has 0 radical (unpaired) electrons. The van der Waals surface area contributed by atoms with Gasteiger partial charge in [-0.2, -0.15) is 0 Å². The smallest absolute Gasteiger partial charge is 0.322 e. The van der Waals surface area contributed by atoms with Crippen LogP contribution in [0.15, 0.2) is 0 Å². The Morgan fingerprint density at radius 1 is 1.55 bits per heavy atom. The number of carbonyl (C=O) groups is 1. The van der Waals surface area contributed by atoms with Crippen LogP contribution in [-0.4, -0.2) is 25.7 Å². The molecule has 1 saturated heterocycles. The summed E-state index contributed by atoms with van der Waals surface area (Å²) in [7, 11) is 1.43. The number of ether oxygens (including phenoxy) is 1. The Hall–Kier alpha value is -0.570. The van der Waals surface area contributed by atoms with Crippen molar-refractivity contribution in [1.82, 2.24) is 5.32 Å². The maximum atomic E-state index is 11.0. The largest absolute Gasteiger partial charge is 0.468 e. The Labute approximate surface area is 67.1 Å². The highest BCUT2D eigenvalue weighted by Gasteiger charge is 2.23. The van der Waals surface area contributed by atoms with Crippen LogP contribution in [0.5, 0.6) is 0 Å². The molecule has 0 aromatic carbocycles. The molecule has 1 rings (SSSR count). The molecule has 0 amide bonds. The van der Waals surface area contributed by atoms with E-state index in [1.165, 1.54) is 7.11 Å². The summed E-state index contributed by atoms with van der Waals surface area (Å²) < 4.78 is 4.62. The summed E-state index contributed by atoms with van der Waals surface area (Å²) >= 11 is 0. The molecule has 64 valence electrons. The SMILES string of the molecule is COC(=O)C1CC[C@H](C)CN1. The van der Waals surface area contributed by atoms with E-state index in [2.05, 4.69) is 17.0 Å². The molecule has 1 aliphatic rings. The van der Waals surface area contributed by atoms with Gasteiger partial charge in [-0.05, 0) is 25.3 Å². The number of piperidine rings is 1. The Kier molecular flexibility index (Phi) is 2.88. The summed E-state index contributed by atoms with van der Waals surface area (Å²) in [5.74, 6) is 0.563. The normalized spacial score (nSPS) is 31.5. The Morgan fingerprint density at radius 2 is 2.27 bits per heavy atom. The molecule has 3 heteroatoms. The van der Waals surface area contributed by atoms with E-state index >= 15 is 0 Å². The van der Waals surface area contributed by atoms with E-state index in [1.807, 2.05) is 0 Å². The Morgan fingerprint density at radius 3 is 2.73 bits per heavy atom. The van der Waals surface area contributed by atoms with Crippen LogP contribution in [0.1, 0.15) is 19.8 Å². The zero-order valence-electron chi connectivity index (χ0n) is 7.09. The van der Waals surface area contributed by atoms with Crippen molar-refractivity contribution in [2.24, 2.45) is 5.92 Å². The fourth-order valence-corrected chi connectivity index (χ4v) is 1.34. The van der Waals surface area contributed by atoms with Crippen molar-refractivity contribution in [3.63, 3.8) is 0 Å². The number of methoxy groups -OCH3 is 1. The molecule has 0 saturated carbocycles. The van der Waals surface area contributed by atoms with E-state index in [1.54, 1.807) is 0 Å². The molecule has 0 spiro atoms. The summed E-state index contributed by atoms with van der Waals surface area (Å²) in [5, 5.41) is 3.14. The van der Waals surface area contributed by atoms with Crippen molar-refractivity contribution in [2.45, 2.75) is 25.8 Å². The molecule has 2 atom stereocenters. The number of hydrogen-bond donors (Lipinski definition) is 1. The van der Waals surface area contributed by atoms with Crippen LogP contribution in [0, 0.1) is 5.92 Å². The van der Waals surface area contributed by atoms with Crippen molar-refractivity contribution in [1.29, 1.82) is 0 Å². The standard InChI is InChI=1S/C8H15NO2/c1-6-3-4-7(9-5-6)8(10)11-2/h6-7,9H,3-5H2,1-2H3/t6-,7?/m0/s1. The van der Waals surface area contributed by atoms with Crippen LogP contribution in [-0.2, 0) is 9.53 Å². The van der Waals surface area contributed by atoms with Gasteiger partial charge >= 0.3 is 5.97 Å². The topological polar surface area (TPSA) is 38.3 Å². The van der Waals surface area contributed by atoms with Gasteiger partial charge in [0.15, 0.2) is 0 Å². The summed E-state index contributed by atoms with van der Waals surface area (Å²) in [6.07, 6.45) is 2.03. The molecular formula is C8H15NO2. The first-order valence-corrected chi connectivity index (χ1v) is 4.05. The highest BCUT2D eigenvalue weighted by Crippen LogP contribution is 2.13. The molecule has 1 aliphatic heterocycles. The summed E-state index contributed by atoms with van der Waals surface area (Å²) in [5.41, 5.74) is 0. The van der Waals surface area contributed by atoms with Gasteiger partial charge in [-0.15, -0.1) is 0 Å². The van der Waals surface area contributed by atoms with Crippen LogP contribution < -0.4 is 5.32 Å². The molecule has 11 heavy (non-hydrogen) atoms. The quantitative estimate of drug-likeness (QED) is 0.565. The van der Waals surface area contributed by atoms with E-state index in [4.69, 9.17) is 0 Å². The summed E-state index contributed by atoms with van der Waals surface area (Å²) in [6, 6.07) is -0.0591. The van der Waals surface area contributed by atoms with Gasteiger partial charge in [-0.1, -0.05) is 6.92 Å². The maximum absolute atomic E-state index is 11.0. The molecular weight excluding hydrogens is 142 g/mol. The van der Waals surface area contributed by atoms with E-state index in [9.17, 15) is 4.79 Å². The van der Waals surface area contributed by atoms with Crippen molar-refractivity contribution in [2.75, 3.05) is 13.7 Å². The van der Waals surface area contributed by atoms with Gasteiger partial charge in [-0.3, -0.25) is 4.79 Å². The van der Waals surface area contributed by atoms with Gasteiger partial charge in [-0.25, -0.2) is 0 Å². The number of nitrogens with one attached hydrogen (secondary N) is 1. The lowest BCUT2D eigenvalue weighted by atomic mass is 9.97. The van der Waals surface area contributed by atoms with Crippen LogP contribution >= 0.6 is 0 Å². The lowest BCUT2D eigenvalue weighted by Crippen LogP contribution is -2.43. The van der Waals surface area contributed by atoms with E-state index in [-0.39, 0.29) is 12.0 Å². The number of esters is 1. The first-order valence-electron chi connectivity index (χ1n) is 4.05. The molecule has 0 bridgehead atoms. The minimum absolute atomic E-state index is 0.0591. The molecule has 1 heterocycles. The average Bonchev–Trinajstić information content (AvgIpc) is 2.05. The Balaban J connectivity index is 2.33. The van der Waals surface area contributed by atoms with Gasteiger partial charge in [0.05, 0.1) is 7.11 Å². The lowest BCUT2D eigenvalue weighted by Gasteiger charge is -2.25. The summed E-state index contributed by atoms with van der Waals surface area (Å²) in [6.45, 7) is 3.11. The predicted octanol–water partition coefficient (Wildman–Crippen LogP) is 0.547. The highest BCUT2D eigenvalue weighted by molar-refractivity contribution is 5.75. The van der Waals surface area contributed by atoms with Crippen LogP contribution in [0.2, 0.25) is 0 Å². The second-order valence-corrected chi connectivity index (χ2v) is 3.17. The zero-order chi connectivity index (χ0) is 8.27. The van der Waals surface area contributed by atoms with E-state index in [0.717, 1.165) is 19.4 Å². The lowest BCUT2D eigenvalue weighted by molar-refractivity contribution is -0.143. The van der Waals surface area contributed by atoms with Crippen molar-refractivity contribution >= 4 is 5.97 Å². The second kappa shape index (κ2) is 3.72. The van der Waals surface area contributed by atoms with Gasteiger partial charge in [0, 0.05) is 0 Å². The van der Waals surface area contributed by atoms with Gasteiger partial charge in [0.2, 0.25) is 0 Å². The number of carbonyl (C=O) groups excluding carboxylic acids is 1. The minimum atomic E-state index is -0.128. The number of hydrogen-bond acceptors (Lipinski definition) is 3. The monoisotopic (exact) mass is 157 g/mol. The maximum Gasteiger partial charge on any atom is 0.322 e. The fourth-order valence-electron chi connectivity index (χ4n) is 1.34. The average molecular weight is 157 g/mol. The van der Waals surface area contributed by atoms with Crippen molar-refractivity contribution < 1.29 is 9.53 Å². The van der Waals surface area contributed by atoms with Gasteiger partial charge in [0.1, 0.15) is 6.04 Å². The first-order chi connectivity index (χ1) is 5.24. The highest BCUT2D eigenvalue weighted by atomic mass is 16.5. The van der Waals surface area contributed by atoms with Crippen molar-refractivity contribution in [3.05, 3.63) is 0 Å². The first kappa shape index (κ1) is 8.53. The van der Waals surface area contributed by atoms with E-state index < -0.39 is 0 Å². The molecule has 1 fully saturated rings. The molecule has 1 unspecified atom stereocenters. The van der Waals surface area contributed by atoms with Gasteiger partial charge < -0.3 is 10.1 Å². The zero-order valence-corrected chi connectivity index (χ0v) is 7.09. The van der Waals surface area contributed by atoms with Crippen LogP contribution in [0.4, 0.5) is 0 Å². The van der Waals surface area contributed by atoms with Gasteiger partial charge in [0.25, 0.3) is 0 Å². The van der Waals surface area contributed by atoms with Crippen molar-refractivity contribution in [3.8, 4) is 0 Å². The fraction of sp³-hybridized carbons (Fsp3) is 0.875. The third kappa shape index (κ3) is 2.19. The summed E-state index contributed by atoms with van der Waals surface area (Å²) in [4.78, 5) is 11.0. The Bertz CT molecular complexity index is 139. The molecule has 1 N–H and O–H groups in total. The third-order valence-electron chi connectivity index (χ3n) is 2.15. The van der Waals surface area contributed by atoms with Crippen LogP contribution in [0.25, 0.3) is 0 Å². The third-order valence-corrected chi connectivity index (χ3v) is 2.15. The van der Waals surface area contributed by atoms with E-state index in [0.29, 0.717) is 5.92 Å². The second-order valence-electron chi connectivity index (χ2n) is 3.17. The molecule has 3 nitrogen and oxygen atoms in total. The molecule has 0 aromatic rings. The minimum Gasteiger partial charge on any atom is -0.468 e.